The van der Waals surface area contributed by atoms with E-state index in [1.165, 1.54) is 0 Å². The van der Waals surface area contributed by atoms with Gasteiger partial charge in [0.05, 0.1) is 23.2 Å². The fraction of sp³-hybridized carbons (Fsp3) is 0.429. The number of piperidine rings is 1. The van der Waals surface area contributed by atoms with Crippen molar-refractivity contribution in [3.63, 3.8) is 0 Å². The smallest absolute Gasteiger partial charge is 0.227 e. The van der Waals surface area contributed by atoms with Gasteiger partial charge >= 0.3 is 0 Å². The first-order valence-corrected chi connectivity index (χ1v) is 10.5. The van der Waals surface area contributed by atoms with Gasteiger partial charge in [-0.1, -0.05) is 11.6 Å². The molecule has 0 bridgehead atoms. The zero-order valence-corrected chi connectivity index (χ0v) is 17.5. The monoisotopic (exact) mass is 412 g/mol. The summed E-state index contributed by atoms with van der Waals surface area (Å²) in [6, 6.07) is 7.49. The average Bonchev–Trinajstić information content (AvgIpc) is 3.19. The van der Waals surface area contributed by atoms with Crippen LogP contribution in [0.3, 0.4) is 0 Å². The molecule has 1 atom stereocenters. The van der Waals surface area contributed by atoms with Gasteiger partial charge in [-0.3, -0.25) is 4.79 Å². The second-order valence-corrected chi connectivity index (χ2v) is 7.70. The molecule has 7 nitrogen and oxygen atoms in total. The number of amides is 1. The maximum Gasteiger partial charge on any atom is 0.227 e. The molecule has 0 spiro atoms. The van der Waals surface area contributed by atoms with E-state index in [1.807, 2.05) is 43.0 Å². The van der Waals surface area contributed by atoms with Gasteiger partial charge in [0.25, 0.3) is 0 Å². The lowest BCUT2D eigenvalue weighted by atomic mass is 9.96. The van der Waals surface area contributed by atoms with E-state index < -0.39 is 0 Å². The minimum atomic E-state index is -0.0000228. The molecular formula is C21H25ClN6O. The van der Waals surface area contributed by atoms with Gasteiger partial charge in [0, 0.05) is 31.2 Å². The number of hydrogen-bond acceptors (Lipinski definition) is 5. The SMILES string of the molecule is CCN(CC)C(=O)C1CCCN(c2ncnc3c2cnn3-c2ccc(Cl)cc2)C1. The summed E-state index contributed by atoms with van der Waals surface area (Å²) >= 11 is 6.01. The highest BCUT2D eigenvalue weighted by molar-refractivity contribution is 6.30. The number of fused-ring (bicyclic) bond motifs is 1. The first-order chi connectivity index (χ1) is 14.1. The number of nitrogens with zero attached hydrogens (tertiary/aromatic N) is 6. The summed E-state index contributed by atoms with van der Waals surface area (Å²) in [5.41, 5.74) is 1.64. The molecule has 1 aliphatic rings. The number of rotatable bonds is 5. The van der Waals surface area contributed by atoms with Crippen LogP contribution in [0.2, 0.25) is 5.02 Å². The Labute approximate surface area is 175 Å². The van der Waals surface area contributed by atoms with Crippen LogP contribution in [0.25, 0.3) is 16.7 Å². The maximum absolute atomic E-state index is 12.9. The van der Waals surface area contributed by atoms with Crippen molar-refractivity contribution in [2.75, 3.05) is 31.1 Å². The number of carbonyl (C=O) groups excluding carboxylic acids is 1. The molecule has 1 aliphatic heterocycles. The van der Waals surface area contributed by atoms with Gasteiger partial charge in [-0.15, -0.1) is 0 Å². The highest BCUT2D eigenvalue weighted by atomic mass is 35.5. The third-order valence-electron chi connectivity index (χ3n) is 5.56. The van der Waals surface area contributed by atoms with Crippen LogP contribution in [-0.4, -0.2) is 56.7 Å². The van der Waals surface area contributed by atoms with E-state index in [1.54, 1.807) is 17.2 Å². The molecule has 4 rings (SSSR count). The van der Waals surface area contributed by atoms with Crippen LogP contribution in [0.5, 0.6) is 0 Å². The molecule has 152 valence electrons. The van der Waals surface area contributed by atoms with E-state index in [4.69, 9.17) is 11.6 Å². The molecule has 8 heteroatoms. The summed E-state index contributed by atoms with van der Waals surface area (Å²) < 4.78 is 1.79. The molecule has 1 fully saturated rings. The standard InChI is InChI=1S/C21H25ClN6O/c1-3-26(4-2)21(29)15-6-5-11-27(13-15)19-18-12-25-28(20(18)24-14-23-19)17-9-7-16(22)8-10-17/h7-10,12,14-15H,3-6,11,13H2,1-2H3. The van der Waals surface area contributed by atoms with E-state index in [0.717, 1.165) is 55.0 Å². The Balaban J connectivity index is 1.64. The summed E-state index contributed by atoms with van der Waals surface area (Å²) in [6.07, 6.45) is 5.26. The molecule has 1 unspecified atom stereocenters. The topological polar surface area (TPSA) is 67.2 Å². The van der Waals surface area contributed by atoms with Gasteiger partial charge in [-0.25, -0.2) is 14.6 Å². The van der Waals surface area contributed by atoms with E-state index in [2.05, 4.69) is 20.0 Å². The summed E-state index contributed by atoms with van der Waals surface area (Å²) in [4.78, 5) is 26.0. The number of aromatic nitrogens is 4. The summed E-state index contributed by atoms with van der Waals surface area (Å²) in [7, 11) is 0. The van der Waals surface area contributed by atoms with Crippen LogP contribution >= 0.6 is 11.6 Å². The second kappa shape index (κ2) is 8.37. The molecule has 29 heavy (non-hydrogen) atoms. The lowest BCUT2D eigenvalue weighted by molar-refractivity contribution is -0.135. The van der Waals surface area contributed by atoms with Gasteiger partial charge in [-0.05, 0) is 51.0 Å². The third-order valence-corrected chi connectivity index (χ3v) is 5.81. The van der Waals surface area contributed by atoms with E-state index >= 15 is 0 Å². The molecule has 2 aromatic heterocycles. The lowest BCUT2D eigenvalue weighted by Crippen LogP contribution is -2.45. The van der Waals surface area contributed by atoms with Gasteiger partial charge in [-0.2, -0.15) is 5.10 Å². The largest absolute Gasteiger partial charge is 0.355 e. The Kier molecular flexibility index (Phi) is 5.67. The Morgan fingerprint density at radius 2 is 1.97 bits per heavy atom. The zero-order valence-electron chi connectivity index (χ0n) is 16.8. The normalized spacial score (nSPS) is 16.9. The predicted molar refractivity (Wildman–Crippen MR) is 115 cm³/mol. The number of carbonyl (C=O) groups is 1. The Bertz CT molecular complexity index is 998. The average molecular weight is 413 g/mol. The molecule has 1 amide bonds. The van der Waals surface area contributed by atoms with Crippen LogP contribution in [0.1, 0.15) is 26.7 Å². The molecule has 3 heterocycles. The third kappa shape index (κ3) is 3.79. The Morgan fingerprint density at radius 3 is 2.69 bits per heavy atom. The second-order valence-electron chi connectivity index (χ2n) is 7.26. The first kappa shape index (κ1) is 19.6. The molecule has 0 saturated carbocycles. The van der Waals surface area contributed by atoms with E-state index in [0.29, 0.717) is 11.6 Å². The van der Waals surface area contributed by atoms with Gasteiger partial charge in [0.15, 0.2) is 5.65 Å². The first-order valence-electron chi connectivity index (χ1n) is 10.1. The van der Waals surface area contributed by atoms with Crippen molar-refractivity contribution in [3.05, 3.63) is 41.8 Å². The van der Waals surface area contributed by atoms with Crippen LogP contribution in [0.15, 0.2) is 36.8 Å². The zero-order chi connectivity index (χ0) is 20.4. The summed E-state index contributed by atoms with van der Waals surface area (Å²) in [5.74, 6) is 1.08. The predicted octanol–water partition coefficient (Wildman–Crippen LogP) is 3.55. The van der Waals surface area contributed by atoms with Crippen molar-refractivity contribution < 1.29 is 4.79 Å². The molecule has 0 aliphatic carbocycles. The number of halogens is 1. The van der Waals surface area contributed by atoms with Crippen molar-refractivity contribution in [1.29, 1.82) is 0 Å². The van der Waals surface area contributed by atoms with Crippen molar-refractivity contribution in [1.82, 2.24) is 24.6 Å². The number of anilines is 1. The lowest BCUT2D eigenvalue weighted by Gasteiger charge is -2.35. The highest BCUT2D eigenvalue weighted by Gasteiger charge is 2.30. The van der Waals surface area contributed by atoms with Gasteiger partial charge < -0.3 is 9.80 Å². The van der Waals surface area contributed by atoms with Gasteiger partial charge in [0.1, 0.15) is 12.1 Å². The summed E-state index contributed by atoms with van der Waals surface area (Å²) in [6.45, 7) is 7.10. The fourth-order valence-corrected chi connectivity index (χ4v) is 4.15. The minimum absolute atomic E-state index is 0.0000228. The van der Waals surface area contributed by atoms with Crippen LogP contribution in [0.4, 0.5) is 5.82 Å². The Hall–Kier alpha value is -2.67. The summed E-state index contributed by atoms with van der Waals surface area (Å²) in [5, 5.41) is 6.09. The highest BCUT2D eigenvalue weighted by Crippen LogP contribution is 2.29. The molecule has 0 radical (unpaired) electrons. The van der Waals surface area contributed by atoms with Crippen molar-refractivity contribution in [2.45, 2.75) is 26.7 Å². The molecular weight excluding hydrogens is 388 g/mol. The van der Waals surface area contributed by atoms with Crippen LogP contribution in [-0.2, 0) is 4.79 Å². The number of hydrogen-bond donors (Lipinski definition) is 0. The fourth-order valence-electron chi connectivity index (χ4n) is 4.02. The van der Waals surface area contributed by atoms with Crippen molar-refractivity contribution in [2.24, 2.45) is 5.92 Å². The molecule has 1 saturated heterocycles. The van der Waals surface area contributed by atoms with Crippen LogP contribution in [0, 0.1) is 5.92 Å². The quantitative estimate of drug-likeness (QED) is 0.641. The minimum Gasteiger partial charge on any atom is -0.355 e. The van der Waals surface area contributed by atoms with Crippen molar-refractivity contribution in [3.8, 4) is 5.69 Å². The van der Waals surface area contributed by atoms with Crippen molar-refractivity contribution >= 4 is 34.4 Å². The Morgan fingerprint density at radius 1 is 1.21 bits per heavy atom. The van der Waals surface area contributed by atoms with Crippen LogP contribution < -0.4 is 4.90 Å². The maximum atomic E-state index is 12.9. The molecule has 0 N–H and O–H groups in total. The van der Waals surface area contributed by atoms with E-state index in [9.17, 15) is 4.79 Å². The van der Waals surface area contributed by atoms with E-state index in [-0.39, 0.29) is 11.8 Å². The number of benzene rings is 1. The molecule has 1 aromatic carbocycles. The molecule has 3 aromatic rings. The van der Waals surface area contributed by atoms with Gasteiger partial charge in [0.2, 0.25) is 5.91 Å².